The third-order valence-electron chi connectivity index (χ3n) is 3.50. The van der Waals surface area contributed by atoms with Gasteiger partial charge in [-0.3, -0.25) is 0 Å². The van der Waals surface area contributed by atoms with E-state index >= 15 is 0 Å². The van der Waals surface area contributed by atoms with Crippen LogP contribution in [0.3, 0.4) is 0 Å². The summed E-state index contributed by atoms with van der Waals surface area (Å²) in [5, 5.41) is 12.2. The summed E-state index contributed by atoms with van der Waals surface area (Å²) in [6, 6.07) is 10.0. The average molecular weight is 243 g/mol. The van der Waals surface area contributed by atoms with E-state index in [0.29, 0.717) is 0 Å². The molecule has 1 fully saturated rings. The van der Waals surface area contributed by atoms with Crippen molar-refractivity contribution in [1.82, 2.24) is 10.2 Å². The number of nitrogens with one attached hydrogen (secondary N) is 1. The molecular formula is C15H21N3. The van der Waals surface area contributed by atoms with Gasteiger partial charge in [-0.15, -0.1) is 0 Å². The van der Waals surface area contributed by atoms with Crippen molar-refractivity contribution in [3.8, 4) is 6.07 Å². The summed E-state index contributed by atoms with van der Waals surface area (Å²) < 4.78 is 0. The van der Waals surface area contributed by atoms with Crippen molar-refractivity contribution in [3.63, 3.8) is 0 Å². The lowest BCUT2D eigenvalue weighted by molar-refractivity contribution is 0.237. The topological polar surface area (TPSA) is 39.1 Å². The molecule has 96 valence electrons. The number of hydrogen-bond acceptors (Lipinski definition) is 3. The third-order valence-corrected chi connectivity index (χ3v) is 3.50. The van der Waals surface area contributed by atoms with Gasteiger partial charge in [-0.25, -0.2) is 0 Å². The molecule has 1 aliphatic heterocycles. The molecule has 1 aliphatic rings. The van der Waals surface area contributed by atoms with Crippen LogP contribution in [-0.2, 0) is 6.54 Å². The number of rotatable bonds is 4. The Morgan fingerprint density at radius 1 is 1.39 bits per heavy atom. The van der Waals surface area contributed by atoms with Crippen molar-refractivity contribution >= 4 is 0 Å². The molecule has 0 amide bonds. The zero-order valence-electron chi connectivity index (χ0n) is 11.0. The third kappa shape index (κ3) is 3.83. The van der Waals surface area contributed by atoms with Gasteiger partial charge in [0.25, 0.3) is 0 Å². The number of nitrogens with zero attached hydrogens (tertiary/aromatic N) is 2. The zero-order valence-corrected chi connectivity index (χ0v) is 11.0. The van der Waals surface area contributed by atoms with Gasteiger partial charge in [0.05, 0.1) is 11.6 Å². The molecule has 1 aromatic carbocycles. The SMILES string of the molecule is CN(Cc1ccc(C#N)cc1)CC1CCCNC1. The Labute approximate surface area is 109 Å². The van der Waals surface area contributed by atoms with Gasteiger partial charge in [0.1, 0.15) is 0 Å². The van der Waals surface area contributed by atoms with E-state index in [1.807, 2.05) is 24.3 Å². The van der Waals surface area contributed by atoms with Gasteiger partial charge in [-0.05, 0) is 56.6 Å². The molecule has 0 aromatic heterocycles. The van der Waals surface area contributed by atoms with E-state index in [1.165, 1.54) is 24.9 Å². The standard InChI is InChI=1S/C15H21N3/c1-18(12-15-3-2-8-17-10-15)11-14-6-4-13(9-16)5-7-14/h4-7,15,17H,2-3,8,10-12H2,1H3. The van der Waals surface area contributed by atoms with Crippen LogP contribution in [0.15, 0.2) is 24.3 Å². The van der Waals surface area contributed by atoms with Crippen molar-refractivity contribution in [1.29, 1.82) is 5.26 Å². The van der Waals surface area contributed by atoms with E-state index in [0.717, 1.165) is 31.1 Å². The Morgan fingerprint density at radius 2 is 2.17 bits per heavy atom. The fourth-order valence-corrected chi connectivity index (χ4v) is 2.58. The van der Waals surface area contributed by atoms with Crippen LogP contribution >= 0.6 is 0 Å². The predicted octanol–water partition coefficient (Wildman–Crippen LogP) is 1.99. The molecule has 1 heterocycles. The summed E-state index contributed by atoms with van der Waals surface area (Å²) in [7, 11) is 2.17. The van der Waals surface area contributed by atoms with Crippen LogP contribution in [-0.4, -0.2) is 31.6 Å². The largest absolute Gasteiger partial charge is 0.316 e. The highest BCUT2D eigenvalue weighted by atomic mass is 15.1. The lowest BCUT2D eigenvalue weighted by Gasteiger charge is -2.27. The first-order chi connectivity index (χ1) is 8.78. The Kier molecular flexibility index (Phi) is 4.74. The van der Waals surface area contributed by atoms with Crippen LogP contribution in [0.1, 0.15) is 24.0 Å². The fraction of sp³-hybridized carbons (Fsp3) is 0.533. The first kappa shape index (κ1) is 13.1. The summed E-state index contributed by atoms with van der Waals surface area (Å²) in [4.78, 5) is 2.37. The predicted molar refractivity (Wildman–Crippen MR) is 73.1 cm³/mol. The first-order valence-corrected chi connectivity index (χ1v) is 6.66. The monoisotopic (exact) mass is 243 g/mol. The molecule has 1 saturated heterocycles. The van der Waals surface area contributed by atoms with Crippen molar-refractivity contribution in [2.24, 2.45) is 5.92 Å². The minimum absolute atomic E-state index is 0.734. The van der Waals surface area contributed by atoms with Crippen LogP contribution in [0, 0.1) is 17.2 Å². The van der Waals surface area contributed by atoms with E-state index in [9.17, 15) is 0 Å². The van der Waals surface area contributed by atoms with Gasteiger partial charge in [-0.2, -0.15) is 5.26 Å². The van der Waals surface area contributed by atoms with Crippen molar-refractivity contribution < 1.29 is 0 Å². The first-order valence-electron chi connectivity index (χ1n) is 6.66. The van der Waals surface area contributed by atoms with E-state index in [-0.39, 0.29) is 0 Å². The maximum atomic E-state index is 8.76. The second-order valence-corrected chi connectivity index (χ2v) is 5.22. The molecule has 0 bridgehead atoms. The Bertz CT molecular complexity index is 399. The molecule has 0 spiro atoms. The minimum Gasteiger partial charge on any atom is -0.316 e. The second-order valence-electron chi connectivity index (χ2n) is 5.22. The fourth-order valence-electron chi connectivity index (χ4n) is 2.58. The summed E-state index contributed by atoms with van der Waals surface area (Å²) in [5.74, 6) is 0.780. The maximum absolute atomic E-state index is 8.76. The highest BCUT2D eigenvalue weighted by Crippen LogP contribution is 2.13. The molecule has 3 heteroatoms. The van der Waals surface area contributed by atoms with Gasteiger partial charge in [0, 0.05) is 13.1 Å². The zero-order chi connectivity index (χ0) is 12.8. The van der Waals surface area contributed by atoms with Crippen molar-refractivity contribution in [2.45, 2.75) is 19.4 Å². The maximum Gasteiger partial charge on any atom is 0.0991 e. The van der Waals surface area contributed by atoms with Crippen LogP contribution < -0.4 is 5.32 Å². The molecule has 1 unspecified atom stereocenters. The minimum atomic E-state index is 0.734. The molecule has 18 heavy (non-hydrogen) atoms. The van der Waals surface area contributed by atoms with E-state index in [1.54, 1.807) is 0 Å². The van der Waals surface area contributed by atoms with Crippen LogP contribution in [0.4, 0.5) is 0 Å². The Morgan fingerprint density at radius 3 is 2.78 bits per heavy atom. The molecule has 0 aliphatic carbocycles. The van der Waals surface area contributed by atoms with Crippen LogP contribution in [0.5, 0.6) is 0 Å². The summed E-state index contributed by atoms with van der Waals surface area (Å²) in [5.41, 5.74) is 2.01. The van der Waals surface area contributed by atoms with Crippen LogP contribution in [0.25, 0.3) is 0 Å². The van der Waals surface area contributed by atoms with Crippen molar-refractivity contribution in [3.05, 3.63) is 35.4 Å². The van der Waals surface area contributed by atoms with Gasteiger partial charge in [0.2, 0.25) is 0 Å². The summed E-state index contributed by atoms with van der Waals surface area (Å²) in [6.07, 6.45) is 2.64. The number of benzene rings is 1. The Balaban J connectivity index is 1.82. The van der Waals surface area contributed by atoms with E-state index in [2.05, 4.69) is 23.3 Å². The molecule has 3 nitrogen and oxygen atoms in total. The summed E-state index contributed by atoms with van der Waals surface area (Å²) >= 11 is 0. The normalized spacial score (nSPS) is 19.7. The summed E-state index contributed by atoms with van der Waals surface area (Å²) in [6.45, 7) is 4.43. The quantitative estimate of drug-likeness (QED) is 0.879. The van der Waals surface area contributed by atoms with Gasteiger partial charge in [-0.1, -0.05) is 12.1 Å². The molecule has 2 rings (SSSR count). The molecule has 0 radical (unpaired) electrons. The number of hydrogen-bond donors (Lipinski definition) is 1. The average Bonchev–Trinajstić information content (AvgIpc) is 2.40. The lowest BCUT2D eigenvalue weighted by atomic mass is 9.99. The second kappa shape index (κ2) is 6.53. The highest BCUT2D eigenvalue weighted by molar-refractivity contribution is 5.31. The Hall–Kier alpha value is -1.37. The number of piperidine rings is 1. The molecule has 1 atom stereocenters. The van der Waals surface area contributed by atoms with Crippen LogP contribution in [0.2, 0.25) is 0 Å². The van der Waals surface area contributed by atoms with Gasteiger partial charge < -0.3 is 10.2 Å². The molecular weight excluding hydrogens is 222 g/mol. The molecule has 0 saturated carbocycles. The van der Waals surface area contributed by atoms with Crippen molar-refractivity contribution in [2.75, 3.05) is 26.7 Å². The highest BCUT2D eigenvalue weighted by Gasteiger charge is 2.14. The van der Waals surface area contributed by atoms with Gasteiger partial charge in [0.15, 0.2) is 0 Å². The van der Waals surface area contributed by atoms with E-state index in [4.69, 9.17) is 5.26 Å². The lowest BCUT2D eigenvalue weighted by Crippen LogP contribution is -2.36. The van der Waals surface area contributed by atoms with E-state index < -0.39 is 0 Å². The molecule has 1 N–H and O–H groups in total. The number of nitriles is 1. The van der Waals surface area contributed by atoms with Gasteiger partial charge >= 0.3 is 0 Å². The molecule has 1 aromatic rings. The smallest absolute Gasteiger partial charge is 0.0991 e.